The van der Waals surface area contributed by atoms with E-state index < -0.39 is 17.0 Å². The number of hydrogen-bond donors (Lipinski definition) is 1. The van der Waals surface area contributed by atoms with E-state index >= 15 is 0 Å². The van der Waals surface area contributed by atoms with Gasteiger partial charge in [-0.15, -0.1) is 11.6 Å². The molecule has 0 aliphatic heterocycles. The fourth-order valence-corrected chi connectivity index (χ4v) is 8.38. The number of hydrogen-bond acceptors (Lipinski definition) is 5. The summed E-state index contributed by atoms with van der Waals surface area (Å²) in [6.07, 6.45) is 6.42. The summed E-state index contributed by atoms with van der Waals surface area (Å²) in [5.74, 6) is 0.777. The van der Waals surface area contributed by atoms with Crippen molar-refractivity contribution in [2.24, 2.45) is 34.5 Å². The Balaban J connectivity index is 1.59. The summed E-state index contributed by atoms with van der Waals surface area (Å²) in [6, 6.07) is 0. The van der Waals surface area contributed by atoms with Gasteiger partial charge < -0.3 is 9.84 Å². The summed E-state index contributed by atoms with van der Waals surface area (Å²) in [5, 5.41) is 11.1. The maximum Gasteiger partial charge on any atom is 0.303 e. The lowest BCUT2D eigenvalue weighted by Gasteiger charge is -2.61. The molecule has 4 aliphatic rings. The number of carbonyl (C=O) groups excluding carboxylic acids is 3. The van der Waals surface area contributed by atoms with Gasteiger partial charge in [0.25, 0.3) is 0 Å². The molecule has 29 heavy (non-hydrogen) atoms. The van der Waals surface area contributed by atoms with E-state index in [2.05, 4.69) is 13.8 Å². The zero-order valence-corrected chi connectivity index (χ0v) is 18.5. The van der Waals surface area contributed by atoms with E-state index in [-0.39, 0.29) is 40.8 Å². The Morgan fingerprint density at radius 3 is 2.45 bits per heavy atom. The molecule has 0 bridgehead atoms. The first-order valence-corrected chi connectivity index (χ1v) is 11.5. The number of rotatable bonds is 3. The van der Waals surface area contributed by atoms with Crippen LogP contribution in [-0.2, 0) is 19.1 Å². The molecule has 4 rings (SSSR count). The fraction of sp³-hybridized carbons (Fsp3) is 0.870. The zero-order chi connectivity index (χ0) is 21.2. The highest BCUT2D eigenvalue weighted by Gasteiger charge is 2.67. The van der Waals surface area contributed by atoms with E-state index in [1.54, 1.807) is 0 Å². The lowest BCUT2D eigenvalue weighted by molar-refractivity contribution is -0.175. The van der Waals surface area contributed by atoms with Crippen LogP contribution in [0.15, 0.2) is 0 Å². The third kappa shape index (κ3) is 2.94. The number of fused-ring (bicyclic) bond motifs is 5. The first kappa shape index (κ1) is 21.3. The van der Waals surface area contributed by atoms with Gasteiger partial charge in [-0.2, -0.15) is 0 Å². The van der Waals surface area contributed by atoms with E-state index in [1.807, 2.05) is 0 Å². The molecule has 1 N–H and O–H groups in total. The van der Waals surface area contributed by atoms with Gasteiger partial charge in [0, 0.05) is 18.8 Å². The molecule has 0 aromatic carbocycles. The number of ketones is 2. The summed E-state index contributed by atoms with van der Waals surface area (Å²) < 4.78 is 4.93. The monoisotopic (exact) mass is 424 g/mol. The van der Waals surface area contributed by atoms with Crippen molar-refractivity contribution in [1.82, 2.24) is 0 Å². The minimum atomic E-state index is -1.42. The SMILES string of the molecule is CC(=O)OCC(=O)[C@@]1(O)CC[C@H]2[C@@H]3CC[C@@H]4[C@@H](Cl)C(=O)CC[C@]4(C)[C@H]3CC[C@@]21C. The van der Waals surface area contributed by atoms with Gasteiger partial charge in [0.1, 0.15) is 5.60 Å². The van der Waals surface area contributed by atoms with Crippen LogP contribution in [0, 0.1) is 34.5 Å². The summed E-state index contributed by atoms with van der Waals surface area (Å²) in [4.78, 5) is 36.2. The van der Waals surface area contributed by atoms with Gasteiger partial charge in [0.2, 0.25) is 5.78 Å². The Morgan fingerprint density at radius 1 is 1.07 bits per heavy atom. The highest BCUT2D eigenvalue weighted by molar-refractivity contribution is 6.31. The Morgan fingerprint density at radius 2 is 1.76 bits per heavy atom. The number of halogens is 1. The number of aliphatic hydroxyl groups is 1. The topological polar surface area (TPSA) is 80.7 Å². The Labute approximate surface area is 177 Å². The van der Waals surface area contributed by atoms with Gasteiger partial charge in [-0.3, -0.25) is 14.4 Å². The van der Waals surface area contributed by atoms with Gasteiger partial charge >= 0.3 is 5.97 Å². The molecule has 0 aromatic rings. The molecule has 0 aromatic heterocycles. The van der Waals surface area contributed by atoms with Crippen molar-refractivity contribution in [3.8, 4) is 0 Å². The van der Waals surface area contributed by atoms with E-state index in [9.17, 15) is 19.5 Å². The smallest absolute Gasteiger partial charge is 0.303 e. The van der Waals surface area contributed by atoms with Gasteiger partial charge in [-0.25, -0.2) is 0 Å². The van der Waals surface area contributed by atoms with Crippen LogP contribution in [-0.4, -0.2) is 40.2 Å². The molecular formula is C23H33ClO5. The lowest BCUT2D eigenvalue weighted by Crippen LogP contribution is -2.60. The molecule has 0 saturated heterocycles. The van der Waals surface area contributed by atoms with Crippen LogP contribution in [0.5, 0.6) is 0 Å². The van der Waals surface area contributed by atoms with Crippen molar-refractivity contribution in [3.05, 3.63) is 0 Å². The summed E-state index contributed by atoms with van der Waals surface area (Å²) in [5.41, 5.74) is -1.85. The Hall–Kier alpha value is -0.940. The van der Waals surface area contributed by atoms with Gasteiger partial charge in [0.15, 0.2) is 12.4 Å². The second-order valence-corrected chi connectivity index (χ2v) is 11.0. The average molecular weight is 425 g/mol. The zero-order valence-electron chi connectivity index (χ0n) is 17.7. The van der Waals surface area contributed by atoms with Crippen LogP contribution in [0.2, 0.25) is 0 Å². The van der Waals surface area contributed by atoms with Crippen LogP contribution in [0.1, 0.15) is 72.1 Å². The van der Waals surface area contributed by atoms with E-state index in [1.165, 1.54) is 6.92 Å². The summed E-state index contributed by atoms with van der Waals surface area (Å²) in [6.45, 7) is 5.32. The average Bonchev–Trinajstić information content (AvgIpc) is 2.95. The number of Topliss-reactive ketones (excluding diaryl/α,β-unsaturated/α-hetero) is 2. The molecule has 5 nitrogen and oxygen atoms in total. The third-order valence-electron chi connectivity index (χ3n) is 9.53. The highest BCUT2D eigenvalue weighted by atomic mass is 35.5. The first-order chi connectivity index (χ1) is 13.5. The van der Waals surface area contributed by atoms with Crippen molar-refractivity contribution in [2.45, 2.75) is 83.1 Å². The Bertz CT molecular complexity index is 737. The molecule has 0 unspecified atom stereocenters. The predicted molar refractivity (Wildman–Crippen MR) is 108 cm³/mol. The van der Waals surface area contributed by atoms with Gasteiger partial charge in [0.05, 0.1) is 5.38 Å². The molecule has 0 amide bonds. The molecule has 0 radical (unpaired) electrons. The molecule has 4 fully saturated rings. The normalized spacial score (nSPS) is 49.0. The maximum atomic E-state index is 12.9. The van der Waals surface area contributed by atoms with E-state index in [0.29, 0.717) is 24.7 Å². The molecule has 4 aliphatic carbocycles. The quantitative estimate of drug-likeness (QED) is 0.552. The molecule has 6 heteroatoms. The molecular weight excluding hydrogens is 392 g/mol. The van der Waals surface area contributed by atoms with Gasteiger partial charge in [-0.05, 0) is 74.0 Å². The van der Waals surface area contributed by atoms with E-state index in [4.69, 9.17) is 16.3 Å². The number of alkyl halides is 1. The molecule has 0 heterocycles. The van der Waals surface area contributed by atoms with Crippen LogP contribution in [0.3, 0.4) is 0 Å². The largest absolute Gasteiger partial charge is 0.458 e. The summed E-state index contributed by atoms with van der Waals surface area (Å²) in [7, 11) is 0. The minimum absolute atomic E-state index is 0.0625. The molecule has 0 spiro atoms. The number of carbonyl (C=O) groups is 3. The number of esters is 1. The lowest BCUT2D eigenvalue weighted by atomic mass is 9.44. The highest BCUT2D eigenvalue weighted by Crippen LogP contribution is 2.68. The van der Waals surface area contributed by atoms with E-state index in [0.717, 1.165) is 38.5 Å². The predicted octanol–water partition coefficient (Wildman–Crippen LogP) is 3.68. The Kier molecular flexibility index (Phi) is 5.18. The van der Waals surface area contributed by atoms with Crippen LogP contribution in [0.25, 0.3) is 0 Å². The van der Waals surface area contributed by atoms with Crippen molar-refractivity contribution >= 4 is 29.1 Å². The maximum absolute atomic E-state index is 12.9. The molecule has 4 saturated carbocycles. The van der Waals surface area contributed by atoms with Crippen LogP contribution >= 0.6 is 11.6 Å². The van der Waals surface area contributed by atoms with Crippen molar-refractivity contribution in [3.63, 3.8) is 0 Å². The van der Waals surface area contributed by atoms with Crippen LogP contribution in [0.4, 0.5) is 0 Å². The second-order valence-electron chi connectivity index (χ2n) is 10.5. The van der Waals surface area contributed by atoms with Gasteiger partial charge in [-0.1, -0.05) is 13.8 Å². The molecule has 8 atom stereocenters. The molecule has 162 valence electrons. The van der Waals surface area contributed by atoms with Crippen molar-refractivity contribution in [2.75, 3.05) is 6.61 Å². The van der Waals surface area contributed by atoms with Crippen molar-refractivity contribution < 1.29 is 24.2 Å². The second kappa shape index (κ2) is 7.05. The number of ether oxygens (including phenoxy) is 1. The standard InChI is InChI=1S/C23H33ClO5/c1-13(25)29-12-19(27)23(28)11-7-16-14-4-5-17-20(24)18(26)8-9-21(17,2)15(14)6-10-22(16,23)3/h14-17,20,28H,4-12H2,1-3H3/t14-,15+,16+,17-,20-,21-,22+,23+/m1/s1. The van der Waals surface area contributed by atoms with Crippen LogP contribution < -0.4 is 0 Å². The van der Waals surface area contributed by atoms with Crippen molar-refractivity contribution in [1.29, 1.82) is 0 Å². The minimum Gasteiger partial charge on any atom is -0.458 e. The fourth-order valence-electron chi connectivity index (χ4n) is 7.85. The third-order valence-corrected chi connectivity index (χ3v) is 10.1. The first-order valence-electron chi connectivity index (χ1n) is 11.1. The summed E-state index contributed by atoms with van der Waals surface area (Å²) >= 11 is 6.57.